The predicted molar refractivity (Wildman–Crippen MR) is 84.7 cm³/mol. The van der Waals surface area contributed by atoms with Gasteiger partial charge >= 0.3 is 0 Å². The molecule has 0 saturated heterocycles. The maximum Gasteiger partial charge on any atom is 0.204 e. The van der Waals surface area contributed by atoms with Gasteiger partial charge in [-0.3, -0.25) is 9.89 Å². The molecule has 5 heteroatoms. The van der Waals surface area contributed by atoms with Crippen molar-refractivity contribution in [2.24, 2.45) is 0 Å². The summed E-state index contributed by atoms with van der Waals surface area (Å²) in [5, 5.41) is 6.76. The fourth-order valence-electron chi connectivity index (χ4n) is 2.16. The van der Waals surface area contributed by atoms with Gasteiger partial charge in [0.15, 0.2) is 0 Å². The first-order valence-corrected chi connectivity index (χ1v) is 6.81. The summed E-state index contributed by atoms with van der Waals surface area (Å²) in [6.45, 7) is 0. The molecule has 0 aliphatic rings. The fraction of sp³-hybridized carbons (Fsp3) is 0.0588. The van der Waals surface area contributed by atoms with Gasteiger partial charge in [-0.15, -0.1) is 0 Å². The van der Waals surface area contributed by atoms with E-state index in [1.807, 2.05) is 42.6 Å². The fourth-order valence-corrected chi connectivity index (χ4v) is 2.16. The molecule has 0 saturated carbocycles. The first-order chi connectivity index (χ1) is 10.8. The molecule has 3 rings (SSSR count). The number of hydrogen-bond donors (Lipinski definition) is 2. The van der Waals surface area contributed by atoms with Gasteiger partial charge in [-0.2, -0.15) is 5.10 Å². The molecule has 0 radical (unpaired) electrons. The van der Waals surface area contributed by atoms with Crippen LogP contribution < -0.4 is 4.74 Å². The van der Waals surface area contributed by atoms with Gasteiger partial charge in [-0.25, -0.2) is 0 Å². The molecule has 0 aliphatic heterocycles. The summed E-state index contributed by atoms with van der Waals surface area (Å²) in [5.74, 6) is 0.643. The molecule has 0 spiro atoms. The van der Waals surface area contributed by atoms with E-state index in [1.54, 1.807) is 19.4 Å². The van der Waals surface area contributed by atoms with Crippen LogP contribution in [0.15, 0.2) is 54.9 Å². The van der Waals surface area contributed by atoms with Crippen molar-refractivity contribution in [3.8, 4) is 16.9 Å². The van der Waals surface area contributed by atoms with Crippen LogP contribution in [0.5, 0.6) is 5.75 Å². The van der Waals surface area contributed by atoms with Crippen LogP contribution in [0.1, 0.15) is 16.2 Å². The molecule has 22 heavy (non-hydrogen) atoms. The van der Waals surface area contributed by atoms with Crippen molar-refractivity contribution in [3.63, 3.8) is 0 Å². The Morgan fingerprint density at radius 3 is 2.73 bits per heavy atom. The molecule has 0 aliphatic carbocycles. The molecule has 0 bridgehead atoms. The van der Waals surface area contributed by atoms with E-state index in [4.69, 9.17) is 4.74 Å². The number of carbonyl (C=O) groups excluding carboxylic acids is 1. The van der Waals surface area contributed by atoms with Gasteiger partial charge in [0.2, 0.25) is 5.78 Å². The Morgan fingerprint density at radius 1 is 1.23 bits per heavy atom. The highest BCUT2D eigenvalue weighted by atomic mass is 16.5. The first-order valence-electron chi connectivity index (χ1n) is 6.81. The highest BCUT2D eigenvalue weighted by Gasteiger charge is 2.13. The van der Waals surface area contributed by atoms with E-state index in [0.717, 1.165) is 22.6 Å². The molecular weight excluding hydrogens is 278 g/mol. The number of ketones is 1. The second-order valence-electron chi connectivity index (χ2n) is 4.71. The summed E-state index contributed by atoms with van der Waals surface area (Å²) in [7, 11) is 1.62. The number of allylic oxidation sites excluding steroid dienone is 1. The Morgan fingerprint density at radius 2 is 2.05 bits per heavy atom. The number of benzene rings is 1. The molecule has 3 aromatic rings. The van der Waals surface area contributed by atoms with Crippen LogP contribution in [-0.2, 0) is 0 Å². The Kier molecular flexibility index (Phi) is 3.87. The minimum atomic E-state index is -0.127. The minimum absolute atomic E-state index is 0.127. The lowest BCUT2D eigenvalue weighted by Gasteiger charge is -2.03. The van der Waals surface area contributed by atoms with E-state index < -0.39 is 0 Å². The van der Waals surface area contributed by atoms with E-state index in [9.17, 15) is 4.79 Å². The van der Waals surface area contributed by atoms with E-state index in [-0.39, 0.29) is 5.78 Å². The van der Waals surface area contributed by atoms with Crippen molar-refractivity contribution in [2.75, 3.05) is 7.11 Å². The second-order valence-corrected chi connectivity index (χ2v) is 4.71. The van der Waals surface area contributed by atoms with E-state index >= 15 is 0 Å². The minimum Gasteiger partial charge on any atom is -0.497 e. The summed E-state index contributed by atoms with van der Waals surface area (Å²) in [6, 6.07) is 11.3. The van der Waals surface area contributed by atoms with Crippen LogP contribution in [0.3, 0.4) is 0 Å². The average molecular weight is 293 g/mol. The van der Waals surface area contributed by atoms with Gasteiger partial charge < -0.3 is 9.72 Å². The topological polar surface area (TPSA) is 70.8 Å². The van der Waals surface area contributed by atoms with Crippen LogP contribution in [0.4, 0.5) is 0 Å². The van der Waals surface area contributed by atoms with E-state index in [0.29, 0.717) is 5.69 Å². The highest BCUT2D eigenvalue weighted by Crippen LogP contribution is 2.25. The van der Waals surface area contributed by atoms with Crippen LogP contribution >= 0.6 is 0 Å². The zero-order valence-corrected chi connectivity index (χ0v) is 12.0. The molecule has 0 fully saturated rings. The van der Waals surface area contributed by atoms with E-state index in [2.05, 4.69) is 15.2 Å². The van der Waals surface area contributed by atoms with Gasteiger partial charge in [-0.1, -0.05) is 12.1 Å². The van der Waals surface area contributed by atoms with Crippen molar-refractivity contribution >= 4 is 11.9 Å². The van der Waals surface area contributed by atoms with Gasteiger partial charge in [-0.05, 0) is 42.0 Å². The van der Waals surface area contributed by atoms with Crippen LogP contribution in [-0.4, -0.2) is 28.1 Å². The largest absolute Gasteiger partial charge is 0.497 e. The smallest absolute Gasteiger partial charge is 0.204 e. The molecule has 0 amide bonds. The SMILES string of the molecule is COc1ccc(-c2cn[nH]c2C(=O)/C=C/c2ccc[nH]2)cc1. The lowest BCUT2D eigenvalue weighted by Crippen LogP contribution is -1.97. The molecule has 2 N–H and O–H groups in total. The Labute approximate surface area is 127 Å². The summed E-state index contributed by atoms with van der Waals surface area (Å²) in [6.07, 6.45) is 6.72. The Balaban J connectivity index is 1.86. The highest BCUT2D eigenvalue weighted by molar-refractivity contribution is 6.09. The maximum absolute atomic E-state index is 12.3. The zero-order chi connectivity index (χ0) is 15.4. The third-order valence-corrected chi connectivity index (χ3v) is 3.32. The molecule has 2 heterocycles. The molecule has 5 nitrogen and oxygen atoms in total. The van der Waals surface area contributed by atoms with Crippen molar-refractivity contribution in [3.05, 3.63) is 66.3 Å². The Bertz CT molecular complexity index is 784. The molecule has 2 aromatic heterocycles. The zero-order valence-electron chi connectivity index (χ0n) is 12.0. The number of rotatable bonds is 5. The lowest BCUT2D eigenvalue weighted by molar-refractivity contribution is 0.104. The number of aromatic amines is 2. The standard InChI is InChI=1S/C17H15N3O2/c1-22-14-7-4-12(5-8-14)15-11-19-20-17(15)16(21)9-6-13-3-2-10-18-13/h2-11,18H,1H3,(H,19,20)/b9-6+. The van der Waals surface area contributed by atoms with Crippen LogP contribution in [0.25, 0.3) is 17.2 Å². The number of nitrogens with zero attached hydrogens (tertiary/aromatic N) is 1. The molecule has 0 unspecified atom stereocenters. The quantitative estimate of drug-likeness (QED) is 0.560. The molecule has 110 valence electrons. The Hall–Kier alpha value is -3.08. The van der Waals surface area contributed by atoms with E-state index in [1.165, 1.54) is 6.08 Å². The number of nitrogens with one attached hydrogen (secondary N) is 2. The molecule has 0 atom stereocenters. The number of methoxy groups -OCH3 is 1. The van der Waals surface area contributed by atoms with Crippen LogP contribution in [0, 0.1) is 0 Å². The third-order valence-electron chi connectivity index (χ3n) is 3.32. The second kappa shape index (κ2) is 6.13. The first kappa shape index (κ1) is 13.9. The van der Waals surface area contributed by atoms with Crippen molar-refractivity contribution in [2.45, 2.75) is 0 Å². The summed E-state index contributed by atoms with van der Waals surface area (Å²) in [5.41, 5.74) is 3.02. The monoisotopic (exact) mass is 293 g/mol. The number of carbonyl (C=O) groups is 1. The number of ether oxygens (including phenoxy) is 1. The van der Waals surface area contributed by atoms with Crippen molar-refractivity contribution in [1.82, 2.24) is 15.2 Å². The normalized spacial score (nSPS) is 11.0. The molecule has 1 aromatic carbocycles. The van der Waals surface area contributed by atoms with Gasteiger partial charge in [0.05, 0.1) is 13.3 Å². The van der Waals surface area contributed by atoms with Crippen molar-refractivity contribution in [1.29, 1.82) is 0 Å². The van der Waals surface area contributed by atoms with Gasteiger partial charge in [0, 0.05) is 17.5 Å². The van der Waals surface area contributed by atoms with Crippen LogP contribution in [0.2, 0.25) is 0 Å². The summed E-state index contributed by atoms with van der Waals surface area (Å²) >= 11 is 0. The lowest BCUT2D eigenvalue weighted by atomic mass is 10.0. The third kappa shape index (κ3) is 2.83. The summed E-state index contributed by atoms with van der Waals surface area (Å²) < 4.78 is 5.14. The average Bonchev–Trinajstić information content (AvgIpc) is 3.24. The maximum atomic E-state index is 12.3. The molecular formula is C17H15N3O2. The number of hydrogen-bond acceptors (Lipinski definition) is 3. The number of H-pyrrole nitrogens is 2. The van der Waals surface area contributed by atoms with Crippen molar-refractivity contribution < 1.29 is 9.53 Å². The summed E-state index contributed by atoms with van der Waals surface area (Å²) in [4.78, 5) is 15.3. The van der Waals surface area contributed by atoms with Gasteiger partial charge in [0.1, 0.15) is 11.4 Å². The van der Waals surface area contributed by atoms with Gasteiger partial charge in [0.25, 0.3) is 0 Å². The number of aromatic nitrogens is 3. The predicted octanol–water partition coefficient (Wildman–Crippen LogP) is 3.31.